The van der Waals surface area contributed by atoms with Gasteiger partial charge < -0.3 is 20.8 Å². The van der Waals surface area contributed by atoms with Gasteiger partial charge in [-0.1, -0.05) is 24.3 Å². The number of phenols is 2. The fraction of sp³-hybridized carbons (Fsp3) is 0.0571. The summed E-state index contributed by atoms with van der Waals surface area (Å²) in [6, 6.07) is 18.2. The molecule has 0 spiro atoms. The number of carbonyl (C=O) groups is 1. The number of anilines is 4. The number of phenolic OH excluding ortho intramolecular Hbond substituents is 2. The van der Waals surface area contributed by atoms with Crippen LogP contribution in [0.15, 0.2) is 117 Å². The standard InChI is InChI=1S/C35H30N4O13S4/c1-19-3-5-25(17-31(19)36-33-15-23(40)11-21-13-27(55(47,48)49)7-9-29(21)33)53(43,44)38-35(42)39-54(45,46)26-6-4-20(2)32(18-26)37-34-16-24(41)12-22-14-28(56(50,51)52)8-10-30(22)34/h3-18,36-37,40-41H,1-2H3,(H2,38,39,42)(H,47,48,49)(H,50,51,52). The Morgan fingerprint density at radius 3 is 1.18 bits per heavy atom. The molecule has 0 aliphatic rings. The van der Waals surface area contributed by atoms with Crippen molar-refractivity contribution < 1.29 is 57.8 Å². The molecule has 0 fully saturated rings. The Hall–Kier alpha value is -5.97. The monoisotopic (exact) mass is 842 g/mol. The topological polar surface area (TPSA) is 283 Å². The number of aryl methyl sites for hydroxylation is 2. The molecule has 0 radical (unpaired) electrons. The molecule has 6 aromatic rings. The second-order valence-electron chi connectivity index (χ2n) is 12.4. The van der Waals surface area contributed by atoms with E-state index in [9.17, 15) is 57.8 Å². The first-order valence-electron chi connectivity index (χ1n) is 15.8. The summed E-state index contributed by atoms with van der Waals surface area (Å²) in [5, 5.41) is 27.8. The van der Waals surface area contributed by atoms with Crippen LogP contribution < -0.4 is 20.1 Å². The number of hydrogen-bond donors (Lipinski definition) is 8. The molecule has 0 aliphatic carbocycles. The van der Waals surface area contributed by atoms with Crippen LogP contribution in [0.25, 0.3) is 21.5 Å². The third-order valence-electron chi connectivity index (χ3n) is 8.44. The van der Waals surface area contributed by atoms with E-state index in [1.807, 2.05) is 0 Å². The first-order chi connectivity index (χ1) is 26.0. The number of aromatic hydroxyl groups is 2. The lowest BCUT2D eigenvalue weighted by Crippen LogP contribution is -2.42. The van der Waals surface area contributed by atoms with Gasteiger partial charge in [-0.2, -0.15) is 16.8 Å². The average molecular weight is 843 g/mol. The van der Waals surface area contributed by atoms with Crippen LogP contribution in [0.4, 0.5) is 27.5 Å². The fourth-order valence-electron chi connectivity index (χ4n) is 5.67. The van der Waals surface area contributed by atoms with E-state index in [0.717, 1.165) is 48.5 Å². The smallest absolute Gasteiger partial charge is 0.342 e. The predicted octanol–water partition coefficient (Wildman–Crippen LogP) is 5.38. The van der Waals surface area contributed by atoms with Crippen LogP contribution in [0.5, 0.6) is 11.5 Å². The van der Waals surface area contributed by atoms with Crippen molar-refractivity contribution in [3.8, 4) is 11.5 Å². The molecular formula is C35H30N4O13S4. The van der Waals surface area contributed by atoms with Gasteiger partial charge in [-0.15, -0.1) is 0 Å². The van der Waals surface area contributed by atoms with Gasteiger partial charge >= 0.3 is 6.03 Å². The molecule has 21 heteroatoms. The lowest BCUT2D eigenvalue weighted by atomic mass is 10.1. The minimum Gasteiger partial charge on any atom is -0.508 e. The van der Waals surface area contributed by atoms with E-state index in [1.54, 1.807) is 23.3 Å². The van der Waals surface area contributed by atoms with Gasteiger partial charge in [0.25, 0.3) is 40.3 Å². The van der Waals surface area contributed by atoms with Crippen LogP contribution in [0.3, 0.4) is 0 Å². The minimum atomic E-state index is -4.71. The van der Waals surface area contributed by atoms with E-state index in [-0.39, 0.29) is 45.0 Å². The fourth-order valence-corrected chi connectivity index (χ4v) is 8.63. The lowest BCUT2D eigenvalue weighted by Gasteiger charge is -2.16. The third kappa shape index (κ3) is 8.46. The van der Waals surface area contributed by atoms with Gasteiger partial charge in [0.05, 0.1) is 31.0 Å². The second kappa shape index (κ2) is 14.3. The summed E-state index contributed by atoms with van der Waals surface area (Å²) in [6.07, 6.45) is 0. The summed E-state index contributed by atoms with van der Waals surface area (Å²) in [6.45, 7) is 3.25. The highest BCUT2D eigenvalue weighted by atomic mass is 32.2. The van der Waals surface area contributed by atoms with Gasteiger partial charge in [0.2, 0.25) is 0 Å². The van der Waals surface area contributed by atoms with Gasteiger partial charge in [-0.25, -0.2) is 31.1 Å². The molecule has 0 saturated heterocycles. The molecule has 0 bridgehead atoms. The summed E-state index contributed by atoms with van der Waals surface area (Å²) in [5.41, 5.74) is 1.84. The highest BCUT2D eigenvalue weighted by molar-refractivity contribution is 7.91. The first-order valence-corrected chi connectivity index (χ1v) is 21.7. The molecule has 2 amide bonds. The van der Waals surface area contributed by atoms with E-state index in [0.29, 0.717) is 21.9 Å². The van der Waals surface area contributed by atoms with Gasteiger partial charge in [-0.05, 0) is 96.4 Å². The van der Waals surface area contributed by atoms with Gasteiger partial charge in [0, 0.05) is 34.3 Å². The zero-order valence-corrected chi connectivity index (χ0v) is 32.1. The molecule has 6 rings (SSSR count). The van der Waals surface area contributed by atoms with E-state index < -0.39 is 65.9 Å². The van der Waals surface area contributed by atoms with Crippen molar-refractivity contribution in [2.75, 3.05) is 10.6 Å². The number of carbonyl (C=O) groups excluding carboxylic acids is 1. The van der Waals surface area contributed by atoms with Crippen LogP contribution in [-0.4, -0.2) is 59.0 Å². The Morgan fingerprint density at radius 1 is 0.464 bits per heavy atom. The SMILES string of the molecule is Cc1ccc(S(=O)(=O)NC(=O)NS(=O)(=O)c2ccc(C)c(Nc3cc(O)cc4cc(S(=O)(=O)O)ccc34)c2)cc1Nc1cc(O)cc2cc(S(=O)(=O)O)ccc12. The van der Waals surface area contributed by atoms with Crippen molar-refractivity contribution in [1.82, 2.24) is 9.44 Å². The third-order valence-corrected chi connectivity index (χ3v) is 12.8. The maximum Gasteiger partial charge on any atom is 0.342 e. The number of hydrogen-bond acceptors (Lipinski definition) is 13. The highest BCUT2D eigenvalue weighted by Gasteiger charge is 2.25. The summed E-state index contributed by atoms with van der Waals surface area (Å²) in [7, 11) is -18.5. The summed E-state index contributed by atoms with van der Waals surface area (Å²) < 4.78 is 122. The lowest BCUT2D eigenvalue weighted by molar-refractivity contribution is 0.250. The van der Waals surface area contributed by atoms with Crippen LogP contribution in [-0.2, 0) is 40.3 Å². The highest BCUT2D eigenvalue weighted by Crippen LogP contribution is 2.36. The van der Waals surface area contributed by atoms with E-state index >= 15 is 0 Å². The Balaban J connectivity index is 1.22. The van der Waals surface area contributed by atoms with Crippen molar-refractivity contribution in [2.24, 2.45) is 0 Å². The number of urea groups is 1. The molecule has 17 nitrogen and oxygen atoms in total. The van der Waals surface area contributed by atoms with Crippen LogP contribution in [0, 0.1) is 13.8 Å². The molecule has 0 aromatic heterocycles. The zero-order valence-electron chi connectivity index (χ0n) is 28.8. The molecule has 56 heavy (non-hydrogen) atoms. The van der Waals surface area contributed by atoms with Gasteiger partial charge in [0.1, 0.15) is 11.5 Å². The largest absolute Gasteiger partial charge is 0.508 e. The summed E-state index contributed by atoms with van der Waals surface area (Å²) in [5.74, 6) is -0.565. The number of sulfonamides is 2. The van der Waals surface area contributed by atoms with Gasteiger partial charge in [0.15, 0.2) is 0 Å². The minimum absolute atomic E-state index is 0.185. The summed E-state index contributed by atoms with van der Waals surface area (Å²) in [4.78, 5) is 11.1. The van der Waals surface area contributed by atoms with Crippen molar-refractivity contribution in [2.45, 2.75) is 33.4 Å². The number of amides is 2. The van der Waals surface area contributed by atoms with Crippen LogP contribution in [0.2, 0.25) is 0 Å². The van der Waals surface area contributed by atoms with Crippen LogP contribution in [0.1, 0.15) is 11.1 Å². The Kier molecular flexibility index (Phi) is 10.1. The molecule has 6 aromatic carbocycles. The number of benzene rings is 6. The Labute approximate surface area is 320 Å². The maximum absolute atomic E-state index is 13.3. The van der Waals surface area contributed by atoms with Crippen LogP contribution >= 0.6 is 0 Å². The van der Waals surface area contributed by atoms with Crippen molar-refractivity contribution >= 4 is 90.6 Å². The van der Waals surface area contributed by atoms with E-state index in [4.69, 9.17) is 0 Å². The number of nitrogens with one attached hydrogen (secondary N) is 4. The quantitative estimate of drug-likeness (QED) is 0.0804. The molecule has 0 saturated carbocycles. The molecule has 0 heterocycles. The molecule has 0 atom stereocenters. The molecule has 8 N–H and O–H groups in total. The molecular weight excluding hydrogens is 813 g/mol. The van der Waals surface area contributed by atoms with Crippen molar-refractivity contribution in [1.29, 1.82) is 0 Å². The van der Waals surface area contributed by atoms with Gasteiger partial charge in [-0.3, -0.25) is 9.11 Å². The predicted molar refractivity (Wildman–Crippen MR) is 206 cm³/mol. The number of fused-ring (bicyclic) bond motifs is 2. The maximum atomic E-state index is 13.3. The average Bonchev–Trinajstić information content (AvgIpc) is 3.08. The molecule has 0 aliphatic heterocycles. The Morgan fingerprint density at radius 2 is 0.821 bits per heavy atom. The molecule has 292 valence electrons. The zero-order chi connectivity index (χ0) is 41.0. The van der Waals surface area contributed by atoms with Crippen molar-refractivity contribution in [3.05, 3.63) is 108 Å². The molecule has 0 unspecified atom stereocenters. The second-order valence-corrected chi connectivity index (χ2v) is 18.7. The van der Waals surface area contributed by atoms with E-state index in [1.165, 1.54) is 48.5 Å². The van der Waals surface area contributed by atoms with E-state index in [2.05, 4.69) is 10.6 Å². The summed E-state index contributed by atoms with van der Waals surface area (Å²) >= 11 is 0. The van der Waals surface area contributed by atoms with Crippen molar-refractivity contribution in [3.63, 3.8) is 0 Å². The number of rotatable bonds is 10. The Bertz CT molecular complexity index is 2880. The normalized spacial score (nSPS) is 12.4. The first kappa shape index (κ1) is 39.7.